The van der Waals surface area contributed by atoms with E-state index in [9.17, 15) is 8.42 Å². The van der Waals surface area contributed by atoms with E-state index in [1.165, 1.54) is 9.87 Å². The van der Waals surface area contributed by atoms with Crippen LogP contribution in [0.1, 0.15) is 33.4 Å². The summed E-state index contributed by atoms with van der Waals surface area (Å²) in [4.78, 5) is 2.72. The number of hydrogen-bond acceptors (Lipinski definition) is 4. The number of nitrogens with zero attached hydrogens (tertiary/aromatic N) is 2. The summed E-state index contributed by atoms with van der Waals surface area (Å²) in [6.07, 6.45) is 0. The van der Waals surface area contributed by atoms with Gasteiger partial charge in [-0.1, -0.05) is 18.2 Å². The van der Waals surface area contributed by atoms with Gasteiger partial charge in [0.05, 0.1) is 18.1 Å². The summed E-state index contributed by atoms with van der Waals surface area (Å²) in [7, 11) is -1.94. The molecule has 0 spiro atoms. The predicted octanol–water partition coefficient (Wildman–Crippen LogP) is 3.89. The van der Waals surface area contributed by atoms with Crippen molar-refractivity contribution < 1.29 is 13.2 Å². The molecule has 1 fully saturated rings. The van der Waals surface area contributed by atoms with E-state index in [0.717, 1.165) is 46.6 Å². The molecule has 1 aliphatic heterocycles. The quantitative estimate of drug-likeness (QED) is 0.742. The highest BCUT2D eigenvalue weighted by molar-refractivity contribution is 7.89. The minimum Gasteiger partial charge on any atom is -0.378 e. The third-order valence-electron chi connectivity index (χ3n) is 6.34. The van der Waals surface area contributed by atoms with Crippen molar-refractivity contribution in [2.75, 3.05) is 38.3 Å². The maximum absolute atomic E-state index is 13.6. The van der Waals surface area contributed by atoms with Gasteiger partial charge in [0.25, 0.3) is 0 Å². The van der Waals surface area contributed by atoms with Crippen molar-refractivity contribution in [1.29, 1.82) is 0 Å². The zero-order valence-corrected chi connectivity index (χ0v) is 19.2. The highest BCUT2D eigenvalue weighted by atomic mass is 32.2. The SMILES string of the molecule is Cc1c(C)c(C)c(S(=O)(=O)N(C)Cc2ccccc2N2CCOCC2)c(C)c1C. The van der Waals surface area contributed by atoms with E-state index in [1.54, 1.807) is 7.05 Å². The Morgan fingerprint density at radius 3 is 2.00 bits per heavy atom. The molecule has 0 aromatic heterocycles. The van der Waals surface area contributed by atoms with Crippen LogP contribution < -0.4 is 4.90 Å². The van der Waals surface area contributed by atoms with Crippen LogP contribution in [0.5, 0.6) is 0 Å². The van der Waals surface area contributed by atoms with Crippen molar-refractivity contribution in [3.63, 3.8) is 0 Å². The molecule has 6 heteroatoms. The smallest absolute Gasteiger partial charge is 0.243 e. The minimum absolute atomic E-state index is 0.334. The first kappa shape index (κ1) is 21.8. The molecule has 29 heavy (non-hydrogen) atoms. The highest BCUT2D eigenvalue weighted by Gasteiger charge is 2.28. The maximum atomic E-state index is 13.6. The summed E-state index contributed by atoms with van der Waals surface area (Å²) < 4.78 is 34.1. The van der Waals surface area contributed by atoms with Gasteiger partial charge in [-0.05, 0) is 74.1 Å². The number of para-hydroxylation sites is 1. The summed E-state index contributed by atoms with van der Waals surface area (Å²) in [5.74, 6) is 0. The van der Waals surface area contributed by atoms with Crippen molar-refractivity contribution in [2.45, 2.75) is 46.1 Å². The molecule has 2 aromatic carbocycles. The number of ether oxygens (including phenoxy) is 1. The van der Waals surface area contributed by atoms with Gasteiger partial charge < -0.3 is 9.64 Å². The molecular formula is C23H32N2O3S. The fourth-order valence-electron chi connectivity index (χ4n) is 4.09. The van der Waals surface area contributed by atoms with Crippen molar-refractivity contribution in [3.05, 3.63) is 57.6 Å². The topological polar surface area (TPSA) is 49.9 Å². The molecule has 0 atom stereocenters. The maximum Gasteiger partial charge on any atom is 0.243 e. The fourth-order valence-corrected chi connectivity index (χ4v) is 5.79. The van der Waals surface area contributed by atoms with Crippen molar-refractivity contribution in [1.82, 2.24) is 4.31 Å². The van der Waals surface area contributed by atoms with Gasteiger partial charge in [0.2, 0.25) is 10.0 Å². The second-order valence-corrected chi connectivity index (χ2v) is 9.93. The van der Waals surface area contributed by atoms with Crippen molar-refractivity contribution in [2.24, 2.45) is 0 Å². The highest BCUT2D eigenvalue weighted by Crippen LogP contribution is 2.32. The largest absolute Gasteiger partial charge is 0.378 e. The Bertz CT molecular complexity index is 980. The third kappa shape index (κ3) is 4.06. The number of anilines is 1. The third-order valence-corrected chi connectivity index (χ3v) is 8.41. The van der Waals surface area contributed by atoms with E-state index >= 15 is 0 Å². The first-order chi connectivity index (χ1) is 13.7. The average molecular weight is 417 g/mol. The van der Waals surface area contributed by atoms with E-state index in [-0.39, 0.29) is 0 Å². The normalized spacial score (nSPS) is 15.2. The van der Waals surface area contributed by atoms with E-state index in [4.69, 9.17) is 4.74 Å². The lowest BCUT2D eigenvalue weighted by Gasteiger charge is -2.31. The summed E-state index contributed by atoms with van der Waals surface area (Å²) >= 11 is 0. The molecule has 1 aliphatic rings. The zero-order chi connectivity index (χ0) is 21.3. The number of morpholine rings is 1. The van der Waals surface area contributed by atoms with Crippen LogP contribution in [0.4, 0.5) is 5.69 Å². The zero-order valence-electron chi connectivity index (χ0n) is 18.4. The standard InChI is InChI=1S/C23H32N2O3S/c1-16-17(2)19(4)23(20(5)18(16)3)29(26,27)24(6)15-21-9-7-8-10-22(21)25-11-13-28-14-12-25/h7-10H,11-15H2,1-6H3. The van der Waals surface area contributed by atoms with Crippen LogP contribution in [-0.4, -0.2) is 46.1 Å². The molecule has 5 nitrogen and oxygen atoms in total. The molecule has 0 N–H and O–H groups in total. The lowest BCUT2D eigenvalue weighted by atomic mass is 9.95. The van der Waals surface area contributed by atoms with E-state index in [1.807, 2.05) is 45.9 Å². The van der Waals surface area contributed by atoms with Gasteiger partial charge in [0.15, 0.2) is 0 Å². The van der Waals surface area contributed by atoms with Gasteiger partial charge in [0.1, 0.15) is 0 Å². The van der Waals surface area contributed by atoms with Crippen LogP contribution >= 0.6 is 0 Å². The van der Waals surface area contributed by atoms with Gasteiger partial charge in [-0.2, -0.15) is 4.31 Å². The molecule has 0 unspecified atom stereocenters. The molecule has 1 saturated heterocycles. The molecule has 3 rings (SSSR count). The summed E-state index contributed by atoms with van der Waals surface area (Å²) in [5, 5.41) is 0. The molecule has 0 bridgehead atoms. The van der Waals surface area contributed by atoms with E-state index in [2.05, 4.69) is 17.9 Å². The number of hydrogen-bond donors (Lipinski definition) is 0. The fraction of sp³-hybridized carbons (Fsp3) is 0.478. The van der Waals surface area contributed by atoms with Gasteiger partial charge in [-0.15, -0.1) is 0 Å². The molecular weight excluding hydrogens is 384 g/mol. The summed E-state index contributed by atoms with van der Waals surface area (Å²) in [5.41, 5.74) is 7.05. The average Bonchev–Trinajstić information content (AvgIpc) is 2.71. The van der Waals surface area contributed by atoms with Crippen LogP contribution in [-0.2, 0) is 21.3 Å². The van der Waals surface area contributed by atoms with E-state index < -0.39 is 10.0 Å². The van der Waals surface area contributed by atoms with E-state index in [0.29, 0.717) is 24.7 Å². The monoisotopic (exact) mass is 416 g/mol. The Morgan fingerprint density at radius 2 is 1.41 bits per heavy atom. The number of sulfonamides is 1. The molecule has 0 saturated carbocycles. The van der Waals surface area contributed by atoms with Crippen molar-refractivity contribution in [3.8, 4) is 0 Å². The van der Waals surface area contributed by atoms with Crippen LogP contribution in [0.25, 0.3) is 0 Å². The van der Waals surface area contributed by atoms with Crippen LogP contribution in [0, 0.1) is 34.6 Å². The summed E-state index contributed by atoms with van der Waals surface area (Å²) in [6, 6.07) is 8.06. The molecule has 0 aliphatic carbocycles. The number of rotatable bonds is 5. The molecule has 158 valence electrons. The van der Waals surface area contributed by atoms with Gasteiger partial charge in [-0.25, -0.2) is 8.42 Å². The Kier molecular flexibility index (Phi) is 6.36. The Morgan fingerprint density at radius 1 is 0.897 bits per heavy atom. The lowest BCUT2D eigenvalue weighted by molar-refractivity contribution is 0.122. The molecule has 0 amide bonds. The van der Waals surface area contributed by atoms with Crippen LogP contribution in [0.2, 0.25) is 0 Å². The second kappa shape index (κ2) is 8.46. The van der Waals surface area contributed by atoms with Crippen LogP contribution in [0.15, 0.2) is 29.2 Å². The van der Waals surface area contributed by atoms with Gasteiger partial charge in [0, 0.05) is 32.4 Å². The summed E-state index contributed by atoms with van der Waals surface area (Å²) in [6.45, 7) is 13.3. The van der Waals surface area contributed by atoms with Gasteiger partial charge >= 0.3 is 0 Å². The Hall–Kier alpha value is -1.89. The molecule has 1 heterocycles. The second-order valence-electron chi connectivity index (χ2n) is 7.94. The Balaban J connectivity index is 1.97. The Labute approximate surface area is 175 Å². The van der Waals surface area contributed by atoms with Crippen LogP contribution in [0.3, 0.4) is 0 Å². The first-order valence-electron chi connectivity index (χ1n) is 10.1. The lowest BCUT2D eigenvalue weighted by Crippen LogP contribution is -2.37. The number of benzene rings is 2. The molecule has 0 radical (unpaired) electrons. The molecule has 2 aromatic rings. The minimum atomic E-state index is -3.62. The predicted molar refractivity (Wildman–Crippen MR) is 118 cm³/mol. The first-order valence-corrected chi connectivity index (χ1v) is 11.5. The van der Waals surface area contributed by atoms with Crippen molar-refractivity contribution >= 4 is 15.7 Å². The van der Waals surface area contributed by atoms with Gasteiger partial charge in [-0.3, -0.25) is 0 Å².